The summed E-state index contributed by atoms with van der Waals surface area (Å²) in [4.78, 5) is 0. The molecular formula is H6Fe7O3. The number of hydrogen-bond acceptors (Lipinski definition) is 0. The molecule has 0 rings (SSSR count). The van der Waals surface area contributed by atoms with Crippen molar-refractivity contribution in [2.75, 3.05) is 0 Å². The maximum atomic E-state index is 0. The van der Waals surface area contributed by atoms with Gasteiger partial charge in [0.1, 0.15) is 0 Å². The first-order valence-electron chi connectivity index (χ1n) is 0. The predicted octanol–water partition coefficient (Wildman–Crippen LogP) is -2.49. The van der Waals surface area contributed by atoms with Gasteiger partial charge in [-0.2, -0.15) is 0 Å². The van der Waals surface area contributed by atoms with Crippen LogP contribution < -0.4 is 0 Å². The summed E-state index contributed by atoms with van der Waals surface area (Å²) in [6.07, 6.45) is 0. The van der Waals surface area contributed by atoms with Crippen molar-refractivity contribution in [2.24, 2.45) is 0 Å². The van der Waals surface area contributed by atoms with Crippen LogP contribution in [0.3, 0.4) is 0 Å². The van der Waals surface area contributed by atoms with Crippen molar-refractivity contribution in [2.45, 2.75) is 0 Å². The summed E-state index contributed by atoms with van der Waals surface area (Å²) in [5, 5.41) is 0. The van der Waals surface area contributed by atoms with Gasteiger partial charge in [-0.1, -0.05) is 0 Å². The molecule has 0 heterocycles. The zero-order valence-corrected chi connectivity index (χ0v) is 11.7. The minimum Gasteiger partial charge on any atom is -0.412 e. The molecule has 10 heavy (non-hydrogen) atoms. The van der Waals surface area contributed by atoms with Crippen LogP contribution in [0, 0.1) is 0 Å². The molecule has 0 aromatic rings. The first-order chi connectivity index (χ1) is 0. The van der Waals surface area contributed by atoms with Gasteiger partial charge in [0.15, 0.2) is 0 Å². The molecule has 0 atom stereocenters. The van der Waals surface area contributed by atoms with Crippen LogP contribution in [-0.4, -0.2) is 16.4 Å². The summed E-state index contributed by atoms with van der Waals surface area (Å²) in [6.45, 7) is 0. The van der Waals surface area contributed by atoms with Crippen molar-refractivity contribution < 1.29 is 136 Å². The molecule has 0 unspecified atom stereocenters. The first kappa shape index (κ1) is 171. The van der Waals surface area contributed by atoms with Crippen molar-refractivity contribution in [1.29, 1.82) is 0 Å². The van der Waals surface area contributed by atoms with Gasteiger partial charge in [-0.25, -0.2) is 0 Å². The summed E-state index contributed by atoms with van der Waals surface area (Å²) >= 11 is 0. The number of hydrogen-bond donors (Lipinski definition) is 0. The quantitative estimate of drug-likeness (QED) is 0.370. The Bertz CT molecular complexity index is 8.81. The predicted molar refractivity (Wildman–Crippen MR) is 10.8 cm³/mol. The van der Waals surface area contributed by atoms with Crippen molar-refractivity contribution in [3.05, 3.63) is 0 Å². The van der Waals surface area contributed by atoms with E-state index in [0.29, 0.717) is 0 Å². The minimum atomic E-state index is 0. The fourth-order valence-electron chi connectivity index (χ4n) is 0. The molecule has 0 spiro atoms. The second-order valence-electron chi connectivity index (χ2n) is 0. The Morgan fingerprint density at radius 1 is 0.200 bits per heavy atom. The van der Waals surface area contributed by atoms with E-state index < -0.39 is 0 Å². The van der Waals surface area contributed by atoms with Gasteiger partial charge in [-0.15, -0.1) is 0 Å². The Balaban J connectivity index is 0. The van der Waals surface area contributed by atoms with Gasteiger partial charge in [-0.3, -0.25) is 0 Å². The van der Waals surface area contributed by atoms with Crippen LogP contribution in [-0.2, 0) is 119 Å². The molecule has 0 bridgehead atoms. The van der Waals surface area contributed by atoms with Gasteiger partial charge in [0.2, 0.25) is 0 Å². The Hall–Kier alpha value is 3.52. The molecule has 0 aromatic carbocycles. The maximum absolute atomic E-state index is 0. The second kappa shape index (κ2) is 134. The fourth-order valence-corrected chi connectivity index (χ4v) is 0. The van der Waals surface area contributed by atoms with Gasteiger partial charge in [0, 0.05) is 119 Å². The summed E-state index contributed by atoms with van der Waals surface area (Å²) in [5.41, 5.74) is 0. The largest absolute Gasteiger partial charge is 0.412 e. The van der Waals surface area contributed by atoms with Crippen molar-refractivity contribution in [3.8, 4) is 0 Å². The van der Waals surface area contributed by atoms with Gasteiger partial charge >= 0.3 is 0 Å². The van der Waals surface area contributed by atoms with Gasteiger partial charge in [-0.05, 0) is 0 Å². The monoisotopic (exact) mass is 446 g/mol. The average molecular weight is 445 g/mol. The van der Waals surface area contributed by atoms with Crippen LogP contribution in [0.15, 0.2) is 0 Å². The fraction of sp³-hybridized carbons (Fsp3) is 0. The third-order valence-electron chi connectivity index (χ3n) is 0. The Morgan fingerprint density at radius 2 is 0.200 bits per heavy atom. The Labute approximate surface area is 134 Å². The van der Waals surface area contributed by atoms with E-state index in [-0.39, 0.29) is 136 Å². The molecule has 0 aromatic heterocycles. The minimum absolute atomic E-state index is 0. The van der Waals surface area contributed by atoms with Crippen LogP contribution in [0.25, 0.3) is 0 Å². The smallest absolute Gasteiger partial charge is 0 e. The van der Waals surface area contributed by atoms with E-state index >= 15 is 0 Å². The molecule has 0 saturated carbocycles. The van der Waals surface area contributed by atoms with E-state index in [9.17, 15) is 0 Å². The van der Waals surface area contributed by atoms with Gasteiger partial charge < -0.3 is 16.4 Å². The third-order valence-corrected chi connectivity index (χ3v) is 0. The summed E-state index contributed by atoms with van der Waals surface area (Å²) < 4.78 is 0. The standard InChI is InChI=1S/7Fe.3H2O/h;;;;;;;3*1H2. The summed E-state index contributed by atoms with van der Waals surface area (Å²) in [6, 6.07) is 0. The van der Waals surface area contributed by atoms with Gasteiger partial charge in [0.05, 0.1) is 0 Å². The summed E-state index contributed by atoms with van der Waals surface area (Å²) in [5.74, 6) is 0. The van der Waals surface area contributed by atoms with E-state index in [1.807, 2.05) is 0 Å². The molecule has 0 aliphatic carbocycles. The zero-order valence-electron chi connectivity index (χ0n) is 3.97. The molecule has 0 aliphatic rings. The van der Waals surface area contributed by atoms with Gasteiger partial charge in [0.25, 0.3) is 0 Å². The van der Waals surface area contributed by atoms with Crippen LogP contribution in [0.5, 0.6) is 0 Å². The molecule has 0 aliphatic heterocycles. The molecule has 10 heteroatoms. The van der Waals surface area contributed by atoms with E-state index in [0.717, 1.165) is 0 Å². The van der Waals surface area contributed by atoms with E-state index in [1.165, 1.54) is 0 Å². The summed E-state index contributed by atoms with van der Waals surface area (Å²) in [7, 11) is 0. The van der Waals surface area contributed by atoms with Crippen molar-refractivity contribution in [3.63, 3.8) is 0 Å². The topological polar surface area (TPSA) is 94.5 Å². The zero-order chi connectivity index (χ0) is 0. The molecule has 0 saturated heterocycles. The van der Waals surface area contributed by atoms with Crippen molar-refractivity contribution >= 4 is 0 Å². The van der Waals surface area contributed by atoms with E-state index in [1.54, 1.807) is 0 Å². The molecule has 0 radical (unpaired) electrons. The molecule has 80 valence electrons. The van der Waals surface area contributed by atoms with Crippen LogP contribution >= 0.6 is 0 Å². The van der Waals surface area contributed by atoms with Crippen LogP contribution in [0.2, 0.25) is 0 Å². The van der Waals surface area contributed by atoms with E-state index in [2.05, 4.69) is 0 Å². The van der Waals surface area contributed by atoms with Crippen LogP contribution in [0.4, 0.5) is 0 Å². The van der Waals surface area contributed by atoms with E-state index in [4.69, 9.17) is 0 Å². The van der Waals surface area contributed by atoms with Crippen molar-refractivity contribution in [1.82, 2.24) is 0 Å². The van der Waals surface area contributed by atoms with Crippen LogP contribution in [0.1, 0.15) is 0 Å². The molecule has 0 fully saturated rings. The normalized spacial score (nSPS) is 0. The molecule has 6 N–H and O–H groups in total. The second-order valence-corrected chi connectivity index (χ2v) is 0. The maximum Gasteiger partial charge on any atom is 0 e. The molecular weight excluding hydrogens is 439 g/mol. The Kier molecular flexibility index (Phi) is 2300. The number of rotatable bonds is 0. The third kappa shape index (κ3) is 103. The molecule has 3 nitrogen and oxygen atoms in total. The average Bonchev–Trinajstić information content (AvgIpc) is 0. The first-order valence-corrected chi connectivity index (χ1v) is 0. The molecule has 0 amide bonds. The SMILES string of the molecule is O.O.O.[Fe].[Fe].[Fe].[Fe].[Fe].[Fe].[Fe]. The Morgan fingerprint density at radius 3 is 0.200 bits per heavy atom.